The quantitative estimate of drug-likeness (QED) is 0.127. The minimum absolute atomic E-state index is 0.0317. The number of Topliss-reactive ketones (excluding diaryl/α,β-unsaturated/α-hetero) is 2. The molecule has 14 heteroatoms. The molecule has 0 unspecified atom stereocenters. The van der Waals surface area contributed by atoms with Gasteiger partial charge in [-0.15, -0.1) is 0 Å². The number of aromatic hydroxyl groups is 1. The number of carbonyl (C=O) groups is 6. The normalized spacial score (nSPS) is 32.2. The van der Waals surface area contributed by atoms with E-state index >= 15 is 0 Å². The van der Waals surface area contributed by atoms with Crippen molar-refractivity contribution < 1.29 is 53.6 Å². The predicted octanol–water partition coefficient (Wildman–Crippen LogP) is 4.93. The molecule has 4 amide bonds. The maximum atomic E-state index is 14.0. The van der Waals surface area contributed by atoms with Crippen LogP contribution in [0.15, 0.2) is 90.6 Å². The van der Waals surface area contributed by atoms with Gasteiger partial charge in [0, 0.05) is 59.8 Å². The number of nitrogens with zero attached hydrogens (tertiary/aromatic N) is 1. The second-order valence-electron chi connectivity index (χ2n) is 19.0. The molecule has 3 saturated carbocycles. The molecule has 2 aliphatic heterocycles. The van der Waals surface area contributed by atoms with Gasteiger partial charge in [-0.05, 0) is 79.7 Å². The van der Waals surface area contributed by atoms with Crippen LogP contribution >= 0.6 is 0 Å². The molecule has 1 saturated heterocycles. The molecule has 8 rings (SSSR count). The minimum Gasteiger partial charge on any atom is -0.506 e. The van der Waals surface area contributed by atoms with Crippen molar-refractivity contribution in [1.29, 1.82) is 0 Å². The van der Waals surface area contributed by atoms with Crippen molar-refractivity contribution in [2.45, 2.75) is 103 Å². The second-order valence-corrected chi connectivity index (χ2v) is 19.0. The molecule has 11 atom stereocenters. The Hall–Kier alpha value is -5.54. The van der Waals surface area contributed by atoms with Crippen LogP contribution in [0.3, 0.4) is 0 Å². The summed E-state index contributed by atoms with van der Waals surface area (Å²) in [4.78, 5) is 76.9. The number of ether oxygens (including phenoxy) is 2. The van der Waals surface area contributed by atoms with E-state index in [2.05, 4.69) is 36.3 Å². The predicted molar refractivity (Wildman–Crippen MR) is 234 cm³/mol. The smallest absolute Gasteiger partial charge is 0.253 e. The highest BCUT2D eigenvalue weighted by Crippen LogP contribution is 2.70. The first-order chi connectivity index (χ1) is 30.4. The van der Waals surface area contributed by atoms with E-state index < -0.39 is 83.3 Å². The molecule has 6 aliphatic rings. The number of phenols is 1. The minimum atomic E-state index is -1.43. The molecule has 5 N–H and O–H groups in total. The number of allylic oxidation sites excluding steroid dienone is 5. The third kappa shape index (κ3) is 7.77. The summed E-state index contributed by atoms with van der Waals surface area (Å²) in [6, 6.07) is 11.5. The van der Waals surface area contributed by atoms with Gasteiger partial charge in [0.1, 0.15) is 12.4 Å². The number of aliphatic hydroxyl groups is 2. The summed E-state index contributed by atoms with van der Waals surface area (Å²) in [5, 5.41) is 38.3. The Morgan fingerprint density at radius 1 is 1.00 bits per heavy atom. The standard InChI is InChI=1S/C50H57N3O11/c1-27-16-18-48(4)33(20-27)11-12-34-35-24-41-50(40(58)26-54,49(35,5)25-39(57)45(34)48)64-47(63-41)32-9-6-30(7-10-32)22-31-8-13-37(55)36(23-31)52-46(62)28(2)21-38(56)29(3)51-42(59)17-19-53-43(60)14-15-44(53)61/h6-10,13-16,18,20,23,28-29,34-35,39,41,45,47,54-55,57H,1,11-12,17,19,21-22,24-26H2,2-5H3,(H,51,59)(H,52,62)/t28-,29+,34+,35+,39+,41-,45-,47-,48+,49+,50-/m1/s1. The van der Waals surface area contributed by atoms with Crippen LogP contribution < -0.4 is 10.6 Å². The fraction of sp³-hybridized carbons (Fsp3) is 0.480. The Labute approximate surface area is 372 Å². The number of anilines is 1. The van der Waals surface area contributed by atoms with E-state index in [1.165, 1.54) is 18.6 Å². The molecule has 0 aromatic heterocycles. The Bertz CT molecular complexity index is 2370. The third-order valence-corrected chi connectivity index (χ3v) is 15.1. The van der Waals surface area contributed by atoms with Crippen molar-refractivity contribution in [3.05, 3.63) is 107 Å². The van der Waals surface area contributed by atoms with E-state index in [0.29, 0.717) is 24.8 Å². The van der Waals surface area contributed by atoms with Gasteiger partial charge in [-0.3, -0.25) is 33.7 Å². The zero-order valence-corrected chi connectivity index (χ0v) is 36.7. The SMILES string of the molecule is C=C1C=C[C@@]2(C)C(=C1)CC[C@@H]1[C@@H]2[C@@H](O)C[C@@]2(C)[C@H]1C[C@H]1O[C@@H](c3ccc(Cc4ccc(O)c(NC(=O)[C@H](C)CC(=O)[C@H](C)NC(=O)CCN5C(=O)C=CC5=O)c4)cc3)O[C@]12C(=O)CO. The highest BCUT2D eigenvalue weighted by Gasteiger charge is 2.75. The fourth-order valence-electron chi connectivity index (χ4n) is 11.8. The number of amides is 4. The van der Waals surface area contributed by atoms with Gasteiger partial charge < -0.3 is 35.4 Å². The van der Waals surface area contributed by atoms with Gasteiger partial charge in [0.15, 0.2) is 23.5 Å². The number of imide groups is 1. The monoisotopic (exact) mass is 875 g/mol. The van der Waals surface area contributed by atoms with Crippen LogP contribution in [0.1, 0.15) is 89.2 Å². The molecular formula is C50H57N3O11. The number of ketones is 2. The Kier molecular flexibility index (Phi) is 12.0. The number of nitrogens with one attached hydrogen (secondary N) is 2. The zero-order chi connectivity index (χ0) is 45.9. The Morgan fingerprint density at radius 3 is 2.41 bits per heavy atom. The van der Waals surface area contributed by atoms with Crippen molar-refractivity contribution in [3.8, 4) is 5.75 Å². The number of benzene rings is 2. The van der Waals surface area contributed by atoms with Gasteiger partial charge in [-0.2, -0.15) is 0 Å². The topological polar surface area (TPSA) is 209 Å². The number of aliphatic hydroxyl groups excluding tert-OH is 2. The van der Waals surface area contributed by atoms with Crippen molar-refractivity contribution >= 4 is 40.9 Å². The Balaban J connectivity index is 0.882. The van der Waals surface area contributed by atoms with Crippen LogP contribution in [-0.2, 0) is 44.7 Å². The first kappa shape index (κ1) is 45.0. The van der Waals surface area contributed by atoms with Crippen LogP contribution in [0.4, 0.5) is 5.69 Å². The van der Waals surface area contributed by atoms with Crippen molar-refractivity contribution in [2.75, 3.05) is 18.5 Å². The highest BCUT2D eigenvalue weighted by molar-refractivity contribution is 6.13. The lowest BCUT2D eigenvalue weighted by Crippen LogP contribution is -2.63. The van der Waals surface area contributed by atoms with Gasteiger partial charge >= 0.3 is 0 Å². The van der Waals surface area contributed by atoms with E-state index in [-0.39, 0.29) is 54.0 Å². The number of fused-ring (bicyclic) bond motifs is 7. The van der Waals surface area contributed by atoms with Gasteiger partial charge in [-0.1, -0.05) is 81.5 Å². The number of hydrogen-bond acceptors (Lipinski definition) is 11. The van der Waals surface area contributed by atoms with Crippen LogP contribution in [0, 0.1) is 34.5 Å². The summed E-state index contributed by atoms with van der Waals surface area (Å²) in [6.07, 6.45) is 9.22. The number of phenolic OH excluding ortho intramolecular Hbond substituents is 1. The van der Waals surface area contributed by atoms with E-state index in [1.54, 1.807) is 19.1 Å². The summed E-state index contributed by atoms with van der Waals surface area (Å²) >= 11 is 0. The number of carbonyl (C=O) groups excluding carboxylic acids is 6. The molecule has 0 radical (unpaired) electrons. The molecule has 2 aromatic carbocycles. The molecule has 64 heavy (non-hydrogen) atoms. The highest BCUT2D eigenvalue weighted by atomic mass is 16.7. The summed E-state index contributed by atoms with van der Waals surface area (Å²) < 4.78 is 13.4. The zero-order valence-electron chi connectivity index (χ0n) is 36.7. The first-order valence-electron chi connectivity index (χ1n) is 22.2. The average Bonchev–Trinajstić information content (AvgIpc) is 3.88. The summed E-state index contributed by atoms with van der Waals surface area (Å²) in [7, 11) is 0. The fourth-order valence-corrected chi connectivity index (χ4v) is 11.8. The lowest BCUT2D eigenvalue weighted by Gasteiger charge is -2.59. The molecule has 0 spiro atoms. The first-order valence-corrected chi connectivity index (χ1v) is 22.2. The second kappa shape index (κ2) is 17.1. The van der Waals surface area contributed by atoms with Crippen LogP contribution in [0.5, 0.6) is 5.75 Å². The van der Waals surface area contributed by atoms with Crippen LogP contribution in [-0.4, -0.2) is 92.4 Å². The molecule has 4 aliphatic carbocycles. The molecule has 2 aromatic rings. The van der Waals surface area contributed by atoms with E-state index in [1.807, 2.05) is 37.3 Å². The van der Waals surface area contributed by atoms with Gasteiger partial charge in [0.25, 0.3) is 11.8 Å². The van der Waals surface area contributed by atoms with E-state index in [0.717, 1.165) is 46.6 Å². The van der Waals surface area contributed by atoms with Crippen molar-refractivity contribution in [1.82, 2.24) is 10.2 Å². The maximum absolute atomic E-state index is 14.0. The van der Waals surface area contributed by atoms with Crippen molar-refractivity contribution in [2.24, 2.45) is 34.5 Å². The van der Waals surface area contributed by atoms with Crippen LogP contribution in [0.2, 0.25) is 0 Å². The molecular weight excluding hydrogens is 819 g/mol. The largest absolute Gasteiger partial charge is 0.506 e. The Morgan fingerprint density at radius 2 is 1.70 bits per heavy atom. The lowest BCUT2D eigenvalue weighted by atomic mass is 9.46. The molecule has 4 fully saturated rings. The molecule has 14 nitrogen and oxygen atoms in total. The lowest BCUT2D eigenvalue weighted by molar-refractivity contribution is -0.201. The average molecular weight is 876 g/mol. The van der Waals surface area contributed by atoms with Crippen molar-refractivity contribution in [3.63, 3.8) is 0 Å². The molecule has 0 bridgehead atoms. The van der Waals surface area contributed by atoms with Crippen LogP contribution in [0.25, 0.3) is 0 Å². The molecule has 338 valence electrons. The number of hydrogen-bond donors (Lipinski definition) is 5. The molecule has 2 heterocycles. The summed E-state index contributed by atoms with van der Waals surface area (Å²) in [5.74, 6) is -3.67. The van der Waals surface area contributed by atoms with E-state index in [9.17, 15) is 44.1 Å². The summed E-state index contributed by atoms with van der Waals surface area (Å²) in [6.45, 7) is 10.6. The van der Waals surface area contributed by atoms with E-state index in [4.69, 9.17) is 9.47 Å². The van der Waals surface area contributed by atoms with Gasteiger partial charge in [0.05, 0.1) is 23.9 Å². The van der Waals surface area contributed by atoms with Gasteiger partial charge in [-0.25, -0.2) is 0 Å². The number of rotatable bonds is 14. The third-order valence-electron chi connectivity index (χ3n) is 15.1. The van der Waals surface area contributed by atoms with Gasteiger partial charge in [0.2, 0.25) is 11.8 Å². The summed E-state index contributed by atoms with van der Waals surface area (Å²) in [5.41, 5.74) is 2.29. The maximum Gasteiger partial charge on any atom is 0.253 e.